The van der Waals surface area contributed by atoms with Crippen molar-refractivity contribution < 1.29 is 28.9 Å². The molecule has 0 bridgehead atoms. The van der Waals surface area contributed by atoms with Gasteiger partial charge in [-0.2, -0.15) is 0 Å². The second-order valence-electron chi connectivity index (χ2n) is 8.55. The average Bonchev–Trinajstić information content (AvgIpc) is 3.43. The number of carboxylic acid groups (broad SMARTS) is 1. The van der Waals surface area contributed by atoms with Crippen LogP contribution in [-0.4, -0.2) is 67.4 Å². The number of carbonyl (C=O) groups excluding carboxylic acids is 1. The molecule has 2 heterocycles. The van der Waals surface area contributed by atoms with Crippen molar-refractivity contribution in [3.05, 3.63) is 53.6 Å². The number of fused-ring (bicyclic) bond motifs is 1. The second-order valence-corrected chi connectivity index (χ2v) is 8.55. The lowest BCUT2D eigenvalue weighted by Gasteiger charge is -2.28. The summed E-state index contributed by atoms with van der Waals surface area (Å²) in [6.07, 6.45) is 0.861. The summed E-state index contributed by atoms with van der Waals surface area (Å²) in [6.45, 7) is 3.42. The quantitative estimate of drug-likeness (QED) is 0.656. The molecule has 1 amide bonds. The summed E-state index contributed by atoms with van der Waals surface area (Å²) in [7, 11) is 3.38. The third-order valence-corrected chi connectivity index (χ3v) is 6.49. The van der Waals surface area contributed by atoms with E-state index in [2.05, 4.69) is 0 Å². The van der Waals surface area contributed by atoms with E-state index in [0.29, 0.717) is 30.3 Å². The molecule has 0 radical (unpaired) electrons. The predicted octanol–water partition coefficient (Wildman–Crippen LogP) is 3.13. The van der Waals surface area contributed by atoms with E-state index in [4.69, 9.17) is 14.2 Å². The van der Waals surface area contributed by atoms with Gasteiger partial charge < -0.3 is 24.2 Å². The van der Waals surface area contributed by atoms with Crippen LogP contribution < -0.4 is 14.2 Å². The number of carbonyl (C=O) groups is 2. The summed E-state index contributed by atoms with van der Waals surface area (Å²) in [6, 6.07) is 12.5. The normalized spacial score (nSPS) is 21.7. The number of likely N-dealkylation sites (N-methyl/N-ethyl adjacent to an activating group) is 1. The molecule has 4 rings (SSSR count). The lowest BCUT2D eigenvalue weighted by molar-refractivity contribution is -0.143. The summed E-state index contributed by atoms with van der Waals surface area (Å²) in [5, 5.41) is 10.3. The van der Waals surface area contributed by atoms with Crippen molar-refractivity contribution in [2.24, 2.45) is 5.92 Å². The number of methoxy groups -OCH3 is 1. The maximum absolute atomic E-state index is 12.9. The fraction of sp³-hybridized carbons (Fsp3) is 0.440. The number of rotatable bonds is 8. The number of ether oxygens (including phenoxy) is 3. The van der Waals surface area contributed by atoms with E-state index in [1.165, 1.54) is 0 Å². The maximum atomic E-state index is 12.9. The Morgan fingerprint density at radius 1 is 1.12 bits per heavy atom. The van der Waals surface area contributed by atoms with Crippen LogP contribution in [0.2, 0.25) is 0 Å². The maximum Gasteiger partial charge on any atom is 0.309 e. The van der Waals surface area contributed by atoms with Gasteiger partial charge in [-0.05, 0) is 41.8 Å². The van der Waals surface area contributed by atoms with E-state index in [0.717, 1.165) is 17.5 Å². The van der Waals surface area contributed by atoms with Crippen molar-refractivity contribution in [2.75, 3.05) is 40.6 Å². The van der Waals surface area contributed by atoms with Crippen molar-refractivity contribution in [1.29, 1.82) is 0 Å². The van der Waals surface area contributed by atoms with Gasteiger partial charge in [0.2, 0.25) is 12.7 Å². The van der Waals surface area contributed by atoms with Crippen LogP contribution in [0.1, 0.15) is 36.4 Å². The van der Waals surface area contributed by atoms with Gasteiger partial charge in [-0.15, -0.1) is 0 Å². The van der Waals surface area contributed by atoms with Crippen LogP contribution in [0.4, 0.5) is 0 Å². The third-order valence-electron chi connectivity index (χ3n) is 6.49. The van der Waals surface area contributed by atoms with Gasteiger partial charge in [0.25, 0.3) is 0 Å². The first-order valence-corrected chi connectivity index (χ1v) is 11.2. The fourth-order valence-electron chi connectivity index (χ4n) is 4.83. The van der Waals surface area contributed by atoms with Crippen LogP contribution in [0, 0.1) is 5.92 Å². The Kier molecular flexibility index (Phi) is 6.74. The van der Waals surface area contributed by atoms with Crippen LogP contribution in [0.3, 0.4) is 0 Å². The van der Waals surface area contributed by atoms with E-state index >= 15 is 0 Å². The highest BCUT2D eigenvalue weighted by molar-refractivity contribution is 5.79. The van der Waals surface area contributed by atoms with E-state index in [1.807, 2.05) is 48.2 Å². The summed E-state index contributed by atoms with van der Waals surface area (Å²) in [5.74, 6) is 0.0114. The highest BCUT2D eigenvalue weighted by Crippen LogP contribution is 2.47. The molecule has 8 nitrogen and oxygen atoms in total. The monoisotopic (exact) mass is 454 g/mol. The number of carboxylic acids is 1. The lowest BCUT2D eigenvalue weighted by atomic mass is 9.83. The highest BCUT2D eigenvalue weighted by Gasteiger charge is 2.48. The Morgan fingerprint density at radius 2 is 1.82 bits per heavy atom. The van der Waals surface area contributed by atoms with Gasteiger partial charge >= 0.3 is 5.97 Å². The zero-order chi connectivity index (χ0) is 23.5. The first-order valence-electron chi connectivity index (χ1n) is 11.2. The molecule has 0 aromatic heterocycles. The summed E-state index contributed by atoms with van der Waals surface area (Å²) in [5.41, 5.74) is 1.71. The van der Waals surface area contributed by atoms with Crippen LogP contribution in [0.5, 0.6) is 17.2 Å². The number of aliphatic carboxylic acids is 1. The number of nitrogens with zero attached hydrogens (tertiary/aromatic N) is 2. The Hall–Kier alpha value is -3.26. The average molecular weight is 455 g/mol. The van der Waals surface area contributed by atoms with Gasteiger partial charge in [-0.3, -0.25) is 14.5 Å². The Labute approximate surface area is 193 Å². The van der Waals surface area contributed by atoms with Gasteiger partial charge in [0.1, 0.15) is 5.75 Å². The second kappa shape index (κ2) is 9.70. The first kappa shape index (κ1) is 22.9. The van der Waals surface area contributed by atoms with Crippen molar-refractivity contribution >= 4 is 11.9 Å². The van der Waals surface area contributed by atoms with Crippen molar-refractivity contribution in [2.45, 2.75) is 25.3 Å². The van der Waals surface area contributed by atoms with Gasteiger partial charge in [0.15, 0.2) is 11.5 Å². The molecule has 1 saturated heterocycles. The van der Waals surface area contributed by atoms with Crippen LogP contribution >= 0.6 is 0 Å². The topological polar surface area (TPSA) is 88.5 Å². The van der Waals surface area contributed by atoms with Crippen LogP contribution in [0.25, 0.3) is 0 Å². The number of hydrogen-bond acceptors (Lipinski definition) is 6. The largest absolute Gasteiger partial charge is 0.497 e. The Balaban J connectivity index is 1.71. The Bertz CT molecular complexity index is 1010. The molecule has 1 N–H and O–H groups in total. The molecule has 1 fully saturated rings. The highest BCUT2D eigenvalue weighted by atomic mass is 16.7. The molecule has 8 heteroatoms. The van der Waals surface area contributed by atoms with Gasteiger partial charge in [-0.1, -0.05) is 25.1 Å². The first-order chi connectivity index (χ1) is 15.9. The number of benzene rings is 2. The minimum absolute atomic E-state index is 0.0258. The van der Waals surface area contributed by atoms with E-state index in [9.17, 15) is 14.7 Å². The van der Waals surface area contributed by atoms with E-state index in [-0.39, 0.29) is 25.2 Å². The lowest BCUT2D eigenvalue weighted by Crippen LogP contribution is -2.39. The number of amides is 1. The molecule has 0 aliphatic carbocycles. The summed E-state index contributed by atoms with van der Waals surface area (Å²) in [4.78, 5) is 29.2. The van der Waals surface area contributed by atoms with E-state index in [1.54, 1.807) is 25.1 Å². The van der Waals surface area contributed by atoms with Crippen molar-refractivity contribution in [1.82, 2.24) is 9.80 Å². The molecule has 0 unspecified atom stereocenters. The Morgan fingerprint density at radius 3 is 2.48 bits per heavy atom. The van der Waals surface area contributed by atoms with Gasteiger partial charge in [0.05, 0.1) is 19.6 Å². The summed E-state index contributed by atoms with van der Waals surface area (Å²) >= 11 is 0. The molecule has 0 spiro atoms. The summed E-state index contributed by atoms with van der Waals surface area (Å²) < 4.78 is 16.2. The molecule has 0 saturated carbocycles. The molecular formula is C25H30N2O6. The zero-order valence-electron chi connectivity index (χ0n) is 19.2. The minimum atomic E-state index is -0.893. The van der Waals surface area contributed by atoms with Crippen LogP contribution in [0.15, 0.2) is 42.5 Å². The van der Waals surface area contributed by atoms with Crippen molar-refractivity contribution in [3.8, 4) is 17.2 Å². The molecule has 2 aromatic rings. The molecule has 2 aliphatic rings. The van der Waals surface area contributed by atoms with Crippen LogP contribution in [-0.2, 0) is 9.59 Å². The molecule has 176 valence electrons. The van der Waals surface area contributed by atoms with Gasteiger partial charge in [-0.25, -0.2) is 0 Å². The standard InChI is InChI=1S/C25H30N2O6/c1-4-11-26(2)22(28)14-27-13-19(16-5-8-18(31-3)9-6-16)23(25(29)30)24(27)17-7-10-20-21(12-17)33-15-32-20/h5-10,12,19,23-24H,4,11,13-15H2,1-3H3,(H,29,30)/t19-,23+,24-/m1/s1. The minimum Gasteiger partial charge on any atom is -0.497 e. The zero-order valence-corrected chi connectivity index (χ0v) is 19.2. The van der Waals surface area contributed by atoms with E-state index < -0.39 is 17.9 Å². The molecular weight excluding hydrogens is 424 g/mol. The molecule has 2 aromatic carbocycles. The predicted molar refractivity (Wildman–Crippen MR) is 122 cm³/mol. The molecule has 2 aliphatic heterocycles. The number of hydrogen-bond donors (Lipinski definition) is 1. The third kappa shape index (κ3) is 4.61. The molecule has 33 heavy (non-hydrogen) atoms. The SMILES string of the molecule is CCCN(C)C(=O)CN1C[C@H](c2ccc(OC)cc2)[C@H](C(=O)O)[C@H]1c1ccc2c(c1)OCO2. The fourth-order valence-corrected chi connectivity index (χ4v) is 4.83. The van der Waals surface area contributed by atoms with Crippen molar-refractivity contribution in [3.63, 3.8) is 0 Å². The molecule has 3 atom stereocenters. The smallest absolute Gasteiger partial charge is 0.309 e. The number of likely N-dealkylation sites (tertiary alicyclic amines) is 1. The van der Waals surface area contributed by atoms with Gasteiger partial charge in [0, 0.05) is 32.1 Å².